The van der Waals surface area contributed by atoms with Crippen molar-refractivity contribution >= 4 is 23.3 Å². The molecular weight excluding hydrogens is 285 g/mol. The van der Waals surface area contributed by atoms with Crippen molar-refractivity contribution in [3.63, 3.8) is 0 Å². The van der Waals surface area contributed by atoms with Crippen molar-refractivity contribution in [2.24, 2.45) is 11.3 Å². The molecule has 0 bridgehead atoms. The highest BCUT2D eigenvalue weighted by molar-refractivity contribution is 7.71. The van der Waals surface area contributed by atoms with Gasteiger partial charge in [-0.05, 0) is 48.2 Å². The van der Waals surface area contributed by atoms with Crippen LogP contribution in [0.3, 0.4) is 0 Å². The molecule has 1 N–H and O–H groups in total. The lowest BCUT2D eigenvalue weighted by Gasteiger charge is -2.08. The Labute approximate surface area is 119 Å². The third-order valence-corrected chi connectivity index (χ3v) is 4.54. The number of benzene rings is 1. The molecule has 0 radical (unpaired) electrons. The van der Waals surface area contributed by atoms with Crippen molar-refractivity contribution < 1.29 is 13.2 Å². The topological polar surface area (TPSA) is 20.7 Å². The van der Waals surface area contributed by atoms with E-state index in [1.54, 1.807) is 0 Å². The van der Waals surface area contributed by atoms with Gasteiger partial charge in [0, 0.05) is 6.54 Å². The van der Waals surface area contributed by atoms with Crippen LogP contribution in [0.5, 0.6) is 0 Å². The van der Waals surface area contributed by atoms with Crippen molar-refractivity contribution in [3.8, 4) is 0 Å². The molecule has 1 aromatic carbocycles. The van der Waals surface area contributed by atoms with Crippen LogP contribution < -0.4 is 0 Å². The maximum atomic E-state index is 12.7. The van der Waals surface area contributed by atoms with Gasteiger partial charge in [-0.25, -0.2) is 0 Å². The highest BCUT2D eigenvalue weighted by Gasteiger charge is 2.45. The molecule has 1 aromatic heterocycles. The highest BCUT2D eigenvalue weighted by Crippen LogP contribution is 2.52. The first kappa shape index (κ1) is 13.7. The van der Waals surface area contributed by atoms with Crippen LogP contribution in [0.25, 0.3) is 11.0 Å². The average molecular weight is 300 g/mol. The van der Waals surface area contributed by atoms with Crippen LogP contribution in [-0.2, 0) is 12.7 Å². The van der Waals surface area contributed by atoms with E-state index in [4.69, 9.17) is 12.2 Å². The second-order valence-corrected chi connectivity index (χ2v) is 6.55. The second kappa shape index (κ2) is 4.10. The predicted molar refractivity (Wildman–Crippen MR) is 74.0 cm³/mol. The first-order valence-corrected chi connectivity index (χ1v) is 6.89. The summed E-state index contributed by atoms with van der Waals surface area (Å²) in [5.74, 6) is 0.537. The minimum absolute atomic E-state index is 0.310. The Morgan fingerprint density at radius 2 is 2.05 bits per heavy atom. The van der Waals surface area contributed by atoms with Gasteiger partial charge in [-0.2, -0.15) is 13.2 Å². The van der Waals surface area contributed by atoms with Gasteiger partial charge in [-0.3, -0.25) is 0 Å². The predicted octanol–water partition coefficient (Wildman–Crippen LogP) is 4.76. The van der Waals surface area contributed by atoms with E-state index in [9.17, 15) is 13.2 Å². The molecule has 0 amide bonds. The smallest absolute Gasteiger partial charge is 0.331 e. The van der Waals surface area contributed by atoms with Gasteiger partial charge in [0.15, 0.2) is 4.77 Å². The molecule has 6 heteroatoms. The van der Waals surface area contributed by atoms with E-state index in [-0.39, 0.29) is 0 Å². The number of fused-ring (bicyclic) bond motifs is 1. The summed E-state index contributed by atoms with van der Waals surface area (Å²) in [6, 6.07) is 3.74. The fourth-order valence-corrected chi connectivity index (χ4v) is 2.91. The number of aromatic nitrogens is 2. The van der Waals surface area contributed by atoms with Crippen LogP contribution in [0.4, 0.5) is 13.2 Å². The summed E-state index contributed by atoms with van der Waals surface area (Å²) >= 11 is 5.24. The number of imidazole rings is 1. The van der Waals surface area contributed by atoms with Gasteiger partial charge in [0.1, 0.15) is 0 Å². The van der Waals surface area contributed by atoms with Gasteiger partial charge >= 0.3 is 6.18 Å². The first-order valence-electron chi connectivity index (χ1n) is 6.48. The lowest BCUT2D eigenvalue weighted by molar-refractivity contribution is -0.137. The summed E-state index contributed by atoms with van der Waals surface area (Å²) in [6.45, 7) is 5.15. The average Bonchev–Trinajstić information content (AvgIpc) is 2.79. The van der Waals surface area contributed by atoms with Gasteiger partial charge in [-0.1, -0.05) is 13.8 Å². The summed E-state index contributed by atoms with van der Waals surface area (Å²) in [4.78, 5) is 2.88. The van der Waals surface area contributed by atoms with Crippen molar-refractivity contribution in [3.05, 3.63) is 28.5 Å². The summed E-state index contributed by atoms with van der Waals surface area (Å²) < 4.78 is 40.5. The second-order valence-electron chi connectivity index (χ2n) is 6.16. The van der Waals surface area contributed by atoms with Crippen LogP contribution in [0.2, 0.25) is 0 Å². The van der Waals surface area contributed by atoms with E-state index in [1.165, 1.54) is 6.07 Å². The Balaban J connectivity index is 2.02. The zero-order valence-electron chi connectivity index (χ0n) is 11.2. The number of nitrogens with one attached hydrogen (secondary N) is 1. The van der Waals surface area contributed by atoms with Crippen LogP contribution in [0.1, 0.15) is 25.8 Å². The van der Waals surface area contributed by atoms with Crippen molar-refractivity contribution in [1.82, 2.24) is 9.55 Å². The molecule has 1 aliphatic carbocycles. The Kier molecular flexibility index (Phi) is 2.80. The fourth-order valence-electron chi connectivity index (χ4n) is 2.63. The molecule has 20 heavy (non-hydrogen) atoms. The van der Waals surface area contributed by atoms with Crippen molar-refractivity contribution in [1.29, 1.82) is 0 Å². The van der Waals surface area contributed by atoms with E-state index >= 15 is 0 Å². The minimum atomic E-state index is -4.33. The molecule has 1 saturated carbocycles. The molecule has 108 valence electrons. The largest absolute Gasteiger partial charge is 0.416 e. The standard InChI is InChI=1S/C14H15F3N2S/c1-13(2)6-9(13)7-19-11-4-3-8(14(15,16)17)5-10(11)18-12(19)20/h3-5,9H,6-7H2,1-2H3,(H,18,20). The number of H-pyrrole nitrogens is 1. The third-order valence-electron chi connectivity index (χ3n) is 4.22. The van der Waals surface area contributed by atoms with Gasteiger partial charge in [0.25, 0.3) is 0 Å². The summed E-state index contributed by atoms with van der Waals surface area (Å²) in [5, 5.41) is 0. The summed E-state index contributed by atoms with van der Waals surface area (Å²) in [6.07, 6.45) is -3.20. The number of hydrogen-bond acceptors (Lipinski definition) is 1. The van der Waals surface area contributed by atoms with Crippen LogP contribution in [-0.4, -0.2) is 9.55 Å². The van der Waals surface area contributed by atoms with Gasteiger partial charge < -0.3 is 9.55 Å². The normalized spacial score (nSPS) is 21.4. The maximum Gasteiger partial charge on any atom is 0.416 e. The molecule has 0 spiro atoms. The number of aromatic amines is 1. The van der Waals surface area contributed by atoms with Gasteiger partial charge in [-0.15, -0.1) is 0 Å². The molecule has 1 heterocycles. The van der Waals surface area contributed by atoms with Gasteiger partial charge in [0.05, 0.1) is 16.6 Å². The molecule has 2 aromatic rings. The minimum Gasteiger partial charge on any atom is -0.331 e. The highest BCUT2D eigenvalue weighted by atomic mass is 32.1. The van der Waals surface area contributed by atoms with E-state index in [0.717, 1.165) is 30.6 Å². The van der Waals surface area contributed by atoms with Crippen LogP contribution in [0, 0.1) is 16.1 Å². The summed E-state index contributed by atoms with van der Waals surface area (Å²) in [5.41, 5.74) is 0.846. The molecule has 0 saturated heterocycles. The quantitative estimate of drug-likeness (QED) is 0.793. The molecular formula is C14H15F3N2S. The SMILES string of the molecule is CC1(C)CC1Cn1c(=S)[nH]c2cc(C(F)(F)F)ccc21. The zero-order valence-corrected chi connectivity index (χ0v) is 12.0. The van der Waals surface area contributed by atoms with E-state index in [0.29, 0.717) is 21.6 Å². The van der Waals surface area contributed by atoms with Crippen molar-refractivity contribution in [2.75, 3.05) is 0 Å². The first-order chi connectivity index (χ1) is 9.18. The van der Waals surface area contributed by atoms with Gasteiger partial charge in [0.2, 0.25) is 0 Å². The molecule has 1 unspecified atom stereocenters. The zero-order chi connectivity index (χ0) is 14.7. The number of nitrogens with zero attached hydrogens (tertiary/aromatic N) is 1. The molecule has 1 fully saturated rings. The number of rotatable bonds is 2. The number of alkyl halides is 3. The molecule has 3 rings (SSSR count). The monoisotopic (exact) mass is 300 g/mol. The fraction of sp³-hybridized carbons (Fsp3) is 0.500. The summed E-state index contributed by atoms with van der Waals surface area (Å²) in [7, 11) is 0. The third kappa shape index (κ3) is 2.26. The van der Waals surface area contributed by atoms with E-state index < -0.39 is 11.7 Å². The van der Waals surface area contributed by atoms with Crippen molar-refractivity contribution in [2.45, 2.75) is 33.0 Å². The van der Waals surface area contributed by atoms with E-state index in [1.807, 2.05) is 4.57 Å². The Morgan fingerprint density at radius 3 is 2.60 bits per heavy atom. The Morgan fingerprint density at radius 1 is 1.40 bits per heavy atom. The lowest BCUT2D eigenvalue weighted by atomic mass is 10.1. The van der Waals surface area contributed by atoms with Crippen LogP contribution >= 0.6 is 12.2 Å². The Bertz CT molecular complexity index is 724. The lowest BCUT2D eigenvalue weighted by Crippen LogP contribution is -2.05. The number of halogens is 3. The van der Waals surface area contributed by atoms with E-state index in [2.05, 4.69) is 18.8 Å². The maximum absolute atomic E-state index is 12.7. The molecule has 2 nitrogen and oxygen atoms in total. The Hall–Kier alpha value is -1.30. The molecule has 1 atom stereocenters. The molecule has 1 aliphatic rings. The van der Waals surface area contributed by atoms with Crippen LogP contribution in [0.15, 0.2) is 18.2 Å². The molecule has 0 aliphatic heterocycles. The number of hydrogen-bond donors (Lipinski definition) is 1.